The van der Waals surface area contributed by atoms with E-state index in [-0.39, 0.29) is 54.5 Å². The molecule has 0 spiro atoms. The number of halogens is 1. The van der Waals surface area contributed by atoms with Crippen molar-refractivity contribution in [3.05, 3.63) is 29.6 Å². The predicted molar refractivity (Wildman–Crippen MR) is 179 cm³/mol. The lowest BCUT2D eigenvalue weighted by Crippen LogP contribution is -2.44. The summed E-state index contributed by atoms with van der Waals surface area (Å²) in [6.45, 7) is 12.3. The number of ether oxygens (including phenoxy) is 3. The average molecular weight is 670 g/mol. The zero-order valence-corrected chi connectivity index (χ0v) is 29.1. The zero-order chi connectivity index (χ0) is 33.2. The molecule has 2 aromatic rings. The van der Waals surface area contributed by atoms with E-state index in [1.165, 1.54) is 0 Å². The van der Waals surface area contributed by atoms with Crippen LogP contribution in [0.2, 0.25) is 0 Å². The number of rotatable bonds is 23. The number of amides is 2. The fraction of sp³-hybridized carbons (Fsp3) is 0.719. The van der Waals surface area contributed by atoms with Gasteiger partial charge in [0.15, 0.2) is 6.61 Å². The van der Waals surface area contributed by atoms with Gasteiger partial charge in [0.2, 0.25) is 11.7 Å². The van der Waals surface area contributed by atoms with Crippen molar-refractivity contribution in [2.45, 2.75) is 91.9 Å². The molecule has 6 N–H and O–H groups in total. The average Bonchev–Trinajstić information content (AvgIpc) is 3.54. The van der Waals surface area contributed by atoms with Crippen molar-refractivity contribution >= 4 is 24.2 Å². The van der Waals surface area contributed by atoms with Gasteiger partial charge in [-0.05, 0) is 62.0 Å². The van der Waals surface area contributed by atoms with Crippen molar-refractivity contribution in [3.63, 3.8) is 0 Å². The molecule has 1 aromatic heterocycles. The highest BCUT2D eigenvalue weighted by Crippen LogP contribution is 2.27. The van der Waals surface area contributed by atoms with Crippen LogP contribution < -0.4 is 25.8 Å². The Kier molecular flexibility index (Phi) is 20.1. The third-order valence-corrected chi connectivity index (χ3v) is 7.96. The molecule has 1 heterocycles. The van der Waals surface area contributed by atoms with Crippen molar-refractivity contribution in [2.24, 2.45) is 29.4 Å². The molecule has 0 aliphatic heterocycles. The number of nitrogens with zero attached hydrogens (tertiary/aromatic N) is 3. The molecule has 14 heteroatoms. The lowest BCUT2D eigenvalue weighted by Gasteiger charge is -2.30. The zero-order valence-electron chi connectivity index (χ0n) is 28.3. The van der Waals surface area contributed by atoms with E-state index in [9.17, 15) is 14.7 Å². The minimum atomic E-state index is -0.843. The Hall–Kier alpha value is -3.00. The number of tetrazole rings is 1. The number of carbonyl (C=O) groups excluding carboxylic acids is 2. The SMILES string of the molecule is CCCCNC(=O)[C@@H](C[C@H](O)[C@@H](N)C[C@H](CNC(=O)c1ccc(OCc2nn[nH]n2)cc1OCCCCOC)C(C)C)C(C)C.Cl. The fourth-order valence-electron chi connectivity index (χ4n) is 4.87. The van der Waals surface area contributed by atoms with E-state index < -0.39 is 12.1 Å². The molecule has 0 saturated carbocycles. The topological polar surface area (TPSA) is 187 Å². The van der Waals surface area contributed by atoms with Gasteiger partial charge in [-0.1, -0.05) is 46.3 Å². The number of nitrogens with two attached hydrogens (primary N) is 1. The van der Waals surface area contributed by atoms with Gasteiger partial charge < -0.3 is 35.7 Å². The molecule has 0 unspecified atom stereocenters. The summed E-state index contributed by atoms with van der Waals surface area (Å²) in [7, 11) is 1.65. The second-order valence-electron chi connectivity index (χ2n) is 12.2. The Morgan fingerprint density at radius 2 is 1.76 bits per heavy atom. The van der Waals surface area contributed by atoms with Gasteiger partial charge in [0.05, 0.1) is 18.3 Å². The molecule has 4 atom stereocenters. The first-order chi connectivity index (χ1) is 21.6. The van der Waals surface area contributed by atoms with Crippen molar-refractivity contribution in [3.8, 4) is 11.5 Å². The van der Waals surface area contributed by atoms with E-state index >= 15 is 0 Å². The number of carbonyl (C=O) groups is 2. The number of hydrogen-bond donors (Lipinski definition) is 5. The summed E-state index contributed by atoms with van der Waals surface area (Å²) >= 11 is 0. The Morgan fingerprint density at radius 3 is 2.39 bits per heavy atom. The first-order valence-corrected chi connectivity index (χ1v) is 16.2. The quantitative estimate of drug-likeness (QED) is 0.109. The van der Waals surface area contributed by atoms with Crippen LogP contribution in [0.4, 0.5) is 0 Å². The first kappa shape index (κ1) is 41.0. The Balaban J connectivity index is 0.0000106. The number of benzene rings is 1. The molecule has 2 rings (SSSR count). The summed E-state index contributed by atoms with van der Waals surface area (Å²) in [5.74, 6) is 0.924. The van der Waals surface area contributed by atoms with Gasteiger partial charge in [-0.15, -0.1) is 22.6 Å². The maximum absolute atomic E-state index is 13.4. The maximum atomic E-state index is 13.4. The van der Waals surface area contributed by atoms with E-state index in [1.807, 2.05) is 13.8 Å². The number of hydrogen-bond acceptors (Lipinski definition) is 10. The minimum Gasteiger partial charge on any atom is -0.493 e. The van der Waals surface area contributed by atoms with E-state index in [0.29, 0.717) is 62.0 Å². The number of aliphatic hydroxyl groups is 1. The van der Waals surface area contributed by atoms with E-state index in [4.69, 9.17) is 19.9 Å². The largest absolute Gasteiger partial charge is 0.493 e. The summed E-state index contributed by atoms with van der Waals surface area (Å²) in [5, 5.41) is 30.7. The number of unbranched alkanes of at least 4 members (excludes halogenated alkanes) is 2. The van der Waals surface area contributed by atoms with Crippen molar-refractivity contribution in [1.82, 2.24) is 31.3 Å². The number of aromatic nitrogens is 4. The summed E-state index contributed by atoms with van der Waals surface area (Å²) < 4.78 is 16.9. The predicted octanol–water partition coefficient (Wildman–Crippen LogP) is 3.66. The third kappa shape index (κ3) is 14.6. The smallest absolute Gasteiger partial charge is 0.255 e. The van der Waals surface area contributed by atoms with Crippen LogP contribution in [0, 0.1) is 23.7 Å². The van der Waals surface area contributed by atoms with Gasteiger partial charge in [0.1, 0.15) is 11.5 Å². The van der Waals surface area contributed by atoms with Crippen molar-refractivity contribution < 1.29 is 28.9 Å². The van der Waals surface area contributed by atoms with Crippen LogP contribution in [0.15, 0.2) is 18.2 Å². The van der Waals surface area contributed by atoms with Crippen molar-refractivity contribution in [1.29, 1.82) is 0 Å². The molecule has 1 aromatic carbocycles. The number of methoxy groups -OCH3 is 1. The van der Waals surface area contributed by atoms with Crippen LogP contribution in [0.25, 0.3) is 0 Å². The van der Waals surface area contributed by atoms with E-state index in [1.54, 1.807) is 25.3 Å². The summed E-state index contributed by atoms with van der Waals surface area (Å²) in [4.78, 5) is 26.2. The molecule has 2 amide bonds. The van der Waals surface area contributed by atoms with Gasteiger partial charge in [-0.2, -0.15) is 5.21 Å². The molecule has 46 heavy (non-hydrogen) atoms. The highest BCUT2D eigenvalue weighted by molar-refractivity contribution is 5.97. The van der Waals surface area contributed by atoms with Gasteiger partial charge >= 0.3 is 0 Å². The summed E-state index contributed by atoms with van der Waals surface area (Å²) in [6.07, 6.45) is 3.45. The molecule has 0 aliphatic rings. The standard InChI is InChI=1S/C32H55N7O6.ClH/c1-7-8-13-34-32(42)26(22(4)5)18-28(40)27(33)16-23(21(2)3)19-35-31(41)25-12-11-24(45-20-30-36-38-39-37-30)17-29(25)44-15-10-9-14-43-6;/h11-12,17,21-23,26-28,40H,7-10,13-16,18-20,33H2,1-6H3,(H,34,42)(H,35,41)(H,36,37,38,39);1H/t23-,26+,27+,28+;/m1./s1. The van der Waals surface area contributed by atoms with Crippen LogP contribution in [-0.4, -0.2) is 83.1 Å². The van der Waals surface area contributed by atoms with Crippen LogP contribution in [0.1, 0.15) is 89.3 Å². The Bertz CT molecular complexity index is 1120. The normalized spacial score (nSPS) is 13.9. The number of nitrogens with one attached hydrogen (secondary N) is 3. The number of aliphatic hydroxyl groups excluding tert-OH is 1. The fourth-order valence-corrected chi connectivity index (χ4v) is 4.87. The monoisotopic (exact) mass is 669 g/mol. The van der Waals surface area contributed by atoms with Gasteiger partial charge in [0.25, 0.3) is 5.91 Å². The Morgan fingerprint density at radius 1 is 1.02 bits per heavy atom. The van der Waals surface area contributed by atoms with Crippen LogP contribution in [0.3, 0.4) is 0 Å². The molecular formula is C32H56ClN7O6. The Labute approximate surface area is 279 Å². The lowest BCUT2D eigenvalue weighted by atomic mass is 9.83. The molecule has 13 nitrogen and oxygen atoms in total. The molecule has 0 radical (unpaired) electrons. The highest BCUT2D eigenvalue weighted by Gasteiger charge is 2.30. The third-order valence-electron chi connectivity index (χ3n) is 7.96. The maximum Gasteiger partial charge on any atom is 0.255 e. The van der Waals surface area contributed by atoms with Crippen LogP contribution in [-0.2, 0) is 16.1 Å². The molecule has 0 aliphatic carbocycles. The lowest BCUT2D eigenvalue weighted by molar-refractivity contribution is -0.127. The first-order valence-electron chi connectivity index (χ1n) is 16.2. The van der Waals surface area contributed by atoms with Crippen LogP contribution in [0.5, 0.6) is 11.5 Å². The van der Waals surface area contributed by atoms with E-state index in [0.717, 1.165) is 25.7 Å². The minimum absolute atomic E-state index is 0. The number of aromatic amines is 1. The molecule has 262 valence electrons. The molecular weight excluding hydrogens is 614 g/mol. The number of H-pyrrole nitrogens is 1. The second-order valence-corrected chi connectivity index (χ2v) is 12.2. The second kappa shape index (κ2) is 22.5. The van der Waals surface area contributed by atoms with E-state index in [2.05, 4.69) is 52.0 Å². The molecule has 0 fully saturated rings. The molecule has 0 saturated heterocycles. The molecule has 0 bridgehead atoms. The summed E-state index contributed by atoms with van der Waals surface area (Å²) in [6, 6.07) is 4.51. The van der Waals surface area contributed by atoms with Gasteiger partial charge in [0, 0.05) is 44.8 Å². The van der Waals surface area contributed by atoms with Crippen LogP contribution >= 0.6 is 12.4 Å². The highest BCUT2D eigenvalue weighted by atomic mass is 35.5. The summed E-state index contributed by atoms with van der Waals surface area (Å²) in [5.41, 5.74) is 6.87. The van der Waals surface area contributed by atoms with Gasteiger partial charge in [-0.25, -0.2) is 0 Å². The van der Waals surface area contributed by atoms with Crippen molar-refractivity contribution in [2.75, 3.05) is 33.4 Å². The van der Waals surface area contributed by atoms with Gasteiger partial charge in [-0.3, -0.25) is 9.59 Å².